The van der Waals surface area contributed by atoms with E-state index in [9.17, 15) is 9.59 Å². The number of nitrogens with zero attached hydrogens (tertiary/aromatic N) is 2. The van der Waals surface area contributed by atoms with Crippen molar-refractivity contribution in [2.75, 3.05) is 26.7 Å². The van der Waals surface area contributed by atoms with Crippen LogP contribution in [0.4, 0.5) is 0 Å². The first kappa shape index (κ1) is 20.6. The lowest BCUT2D eigenvalue weighted by atomic mass is 9.76. The number of methoxy groups -OCH3 is 1. The summed E-state index contributed by atoms with van der Waals surface area (Å²) in [5, 5.41) is 1.08. The van der Waals surface area contributed by atoms with E-state index in [-0.39, 0.29) is 30.2 Å². The van der Waals surface area contributed by atoms with Crippen LogP contribution in [0.1, 0.15) is 43.5 Å². The molecule has 1 saturated heterocycles. The van der Waals surface area contributed by atoms with Crippen molar-refractivity contribution in [3.8, 4) is 5.75 Å². The summed E-state index contributed by atoms with van der Waals surface area (Å²) in [6.45, 7) is 7.16. The Morgan fingerprint density at radius 1 is 1.12 bits per heavy atom. The number of piperazine rings is 1. The van der Waals surface area contributed by atoms with Gasteiger partial charge in [0.05, 0.1) is 19.3 Å². The summed E-state index contributed by atoms with van der Waals surface area (Å²) in [4.78, 5) is 34.3. The van der Waals surface area contributed by atoms with Gasteiger partial charge in [-0.2, -0.15) is 0 Å². The van der Waals surface area contributed by atoms with Gasteiger partial charge in [0.2, 0.25) is 5.91 Å². The number of amides is 2. The van der Waals surface area contributed by atoms with Crippen molar-refractivity contribution in [2.24, 2.45) is 5.92 Å². The van der Waals surface area contributed by atoms with Crippen LogP contribution in [0.3, 0.4) is 0 Å². The maximum absolute atomic E-state index is 13.9. The van der Waals surface area contributed by atoms with Gasteiger partial charge in [-0.25, -0.2) is 0 Å². The molecule has 3 heterocycles. The Hall–Kier alpha value is -3.28. The second-order valence-electron chi connectivity index (χ2n) is 9.41. The van der Waals surface area contributed by atoms with E-state index in [1.807, 2.05) is 43.3 Å². The van der Waals surface area contributed by atoms with Crippen LogP contribution in [0.15, 0.2) is 48.5 Å². The fourth-order valence-corrected chi connectivity index (χ4v) is 5.50. The van der Waals surface area contributed by atoms with E-state index < -0.39 is 5.54 Å². The summed E-state index contributed by atoms with van der Waals surface area (Å²) in [5.41, 5.74) is 2.83. The molecule has 1 aromatic heterocycles. The number of aromatic nitrogens is 1. The van der Waals surface area contributed by atoms with Crippen molar-refractivity contribution in [1.29, 1.82) is 0 Å². The Morgan fingerprint density at radius 2 is 1.84 bits per heavy atom. The lowest BCUT2D eigenvalue weighted by Crippen LogP contribution is -2.67. The molecule has 5 rings (SSSR count). The fraction of sp³-hybridized carbons (Fsp3) is 0.385. The number of para-hydroxylation sites is 2. The number of carbonyl (C=O) groups is 2. The minimum atomic E-state index is -1.06. The van der Waals surface area contributed by atoms with Crippen molar-refractivity contribution >= 4 is 22.7 Å². The molecule has 0 saturated carbocycles. The largest absolute Gasteiger partial charge is 0.496 e. The van der Waals surface area contributed by atoms with E-state index >= 15 is 0 Å². The zero-order valence-electron chi connectivity index (χ0n) is 19.0. The van der Waals surface area contributed by atoms with Gasteiger partial charge in [0.25, 0.3) is 5.91 Å². The van der Waals surface area contributed by atoms with Gasteiger partial charge in [0.1, 0.15) is 5.75 Å². The number of hydrogen-bond donors (Lipinski definition) is 1. The van der Waals surface area contributed by atoms with Crippen LogP contribution in [0, 0.1) is 5.92 Å². The van der Waals surface area contributed by atoms with E-state index in [2.05, 4.69) is 31.0 Å². The zero-order valence-corrected chi connectivity index (χ0v) is 19.0. The van der Waals surface area contributed by atoms with E-state index in [1.165, 1.54) is 0 Å². The molecule has 6 heteroatoms. The number of hydrogen-bond acceptors (Lipinski definition) is 3. The van der Waals surface area contributed by atoms with Crippen molar-refractivity contribution in [3.63, 3.8) is 0 Å². The van der Waals surface area contributed by atoms with Gasteiger partial charge in [-0.1, -0.05) is 50.2 Å². The third-order valence-corrected chi connectivity index (χ3v) is 6.92. The first-order valence-electron chi connectivity index (χ1n) is 11.2. The van der Waals surface area contributed by atoms with Crippen molar-refractivity contribution < 1.29 is 14.3 Å². The van der Waals surface area contributed by atoms with Gasteiger partial charge in [-0.15, -0.1) is 0 Å². The van der Waals surface area contributed by atoms with Crippen LogP contribution in [0.2, 0.25) is 0 Å². The summed E-state index contributed by atoms with van der Waals surface area (Å²) in [5.74, 6) is 0.941. The van der Waals surface area contributed by atoms with Gasteiger partial charge in [0.15, 0.2) is 5.54 Å². The number of benzene rings is 2. The second kappa shape index (κ2) is 7.40. The molecular weight excluding hydrogens is 402 g/mol. The van der Waals surface area contributed by atoms with Crippen molar-refractivity contribution in [1.82, 2.24) is 14.8 Å². The molecule has 0 bridgehead atoms. The Kier molecular flexibility index (Phi) is 4.77. The normalized spacial score (nSPS) is 23.0. The molecule has 0 spiro atoms. The molecule has 6 nitrogen and oxygen atoms in total. The van der Waals surface area contributed by atoms with Crippen LogP contribution in [-0.2, 0) is 15.1 Å². The number of rotatable bonds is 4. The maximum atomic E-state index is 13.9. The third-order valence-electron chi connectivity index (χ3n) is 6.92. The number of carbonyl (C=O) groups excluding carboxylic acids is 2. The highest BCUT2D eigenvalue weighted by atomic mass is 16.5. The molecule has 1 N–H and O–H groups in total. The molecule has 2 aromatic carbocycles. The molecule has 32 heavy (non-hydrogen) atoms. The molecule has 2 unspecified atom stereocenters. The standard InChI is InChI=1S/C26H29N3O3/c1-16(2)13-28-15-22(30)29-14-19(17-9-6-8-12-21(17)32-4)23-18-10-5-7-11-20(18)27-24(23)26(29,3)25(28)31/h5-12,16,19,27H,13-15H2,1-4H3. The number of fused-ring (bicyclic) bond motifs is 5. The monoisotopic (exact) mass is 431 g/mol. The number of ether oxygens (including phenoxy) is 1. The highest BCUT2D eigenvalue weighted by Crippen LogP contribution is 2.49. The highest BCUT2D eigenvalue weighted by molar-refractivity contribution is 6.01. The lowest BCUT2D eigenvalue weighted by Gasteiger charge is -2.51. The topological polar surface area (TPSA) is 65.6 Å². The average molecular weight is 432 g/mol. The van der Waals surface area contributed by atoms with Crippen molar-refractivity contribution in [3.05, 3.63) is 65.4 Å². The molecular formula is C26H29N3O3. The first-order valence-corrected chi connectivity index (χ1v) is 11.2. The van der Waals surface area contributed by atoms with Crippen LogP contribution < -0.4 is 4.74 Å². The molecule has 2 amide bonds. The lowest BCUT2D eigenvalue weighted by molar-refractivity contribution is -0.166. The second-order valence-corrected chi connectivity index (χ2v) is 9.41. The average Bonchev–Trinajstić information content (AvgIpc) is 3.18. The highest BCUT2D eigenvalue weighted by Gasteiger charge is 2.56. The molecule has 3 aromatic rings. The van der Waals surface area contributed by atoms with Crippen LogP contribution >= 0.6 is 0 Å². The first-order chi connectivity index (χ1) is 15.4. The molecule has 166 valence electrons. The molecule has 1 fully saturated rings. The summed E-state index contributed by atoms with van der Waals surface area (Å²) < 4.78 is 5.68. The molecule has 0 aliphatic carbocycles. The predicted molar refractivity (Wildman–Crippen MR) is 124 cm³/mol. The van der Waals surface area contributed by atoms with Gasteiger partial charge in [-0.3, -0.25) is 9.59 Å². The molecule has 2 atom stereocenters. The van der Waals surface area contributed by atoms with Gasteiger partial charge in [-0.05, 0) is 30.5 Å². The summed E-state index contributed by atoms with van der Waals surface area (Å²) in [6.07, 6.45) is 0. The van der Waals surface area contributed by atoms with Crippen LogP contribution in [0.25, 0.3) is 10.9 Å². The molecule has 2 aliphatic rings. The number of nitrogens with one attached hydrogen (secondary N) is 1. The predicted octanol–water partition coefficient (Wildman–Crippen LogP) is 3.86. The summed E-state index contributed by atoms with van der Waals surface area (Å²) >= 11 is 0. The van der Waals surface area contributed by atoms with Gasteiger partial charge < -0.3 is 19.5 Å². The maximum Gasteiger partial charge on any atom is 0.254 e. The molecule has 2 aliphatic heterocycles. The van der Waals surface area contributed by atoms with E-state index in [0.717, 1.165) is 33.5 Å². The summed E-state index contributed by atoms with van der Waals surface area (Å²) in [7, 11) is 1.67. The Labute approximate surface area is 188 Å². The molecule has 0 radical (unpaired) electrons. The van der Waals surface area contributed by atoms with Crippen molar-refractivity contribution in [2.45, 2.75) is 32.2 Å². The SMILES string of the molecule is COc1ccccc1C1CN2C(=O)CN(CC(C)C)C(=O)C2(C)c2[nH]c3ccccc3c21. The quantitative estimate of drug-likeness (QED) is 0.682. The Bertz CT molecular complexity index is 1210. The number of aromatic amines is 1. The number of H-pyrrole nitrogens is 1. The smallest absolute Gasteiger partial charge is 0.254 e. The third kappa shape index (κ3) is 2.85. The Balaban J connectivity index is 1.76. The van der Waals surface area contributed by atoms with Gasteiger partial charge >= 0.3 is 0 Å². The van der Waals surface area contributed by atoms with E-state index in [1.54, 1.807) is 16.9 Å². The minimum absolute atomic E-state index is 0.0166. The Morgan fingerprint density at radius 3 is 2.59 bits per heavy atom. The van der Waals surface area contributed by atoms with Crippen LogP contribution in [-0.4, -0.2) is 53.3 Å². The van der Waals surface area contributed by atoms with E-state index in [4.69, 9.17) is 4.74 Å². The fourth-order valence-electron chi connectivity index (χ4n) is 5.50. The zero-order chi connectivity index (χ0) is 22.6. The van der Waals surface area contributed by atoms with Crippen LogP contribution in [0.5, 0.6) is 5.75 Å². The van der Waals surface area contributed by atoms with E-state index in [0.29, 0.717) is 13.1 Å². The van der Waals surface area contributed by atoms with Gasteiger partial charge in [0, 0.05) is 35.5 Å². The summed E-state index contributed by atoms with van der Waals surface area (Å²) in [6, 6.07) is 16.1. The minimum Gasteiger partial charge on any atom is -0.496 e.